The number of allylic oxidation sites excluding steroid dienone is 1. The van der Waals surface area contributed by atoms with Crippen LogP contribution < -0.4 is 0 Å². The molecule has 2 heterocycles. The van der Waals surface area contributed by atoms with Gasteiger partial charge in [0.1, 0.15) is 6.10 Å². The summed E-state index contributed by atoms with van der Waals surface area (Å²) in [6.07, 6.45) is 8.57. The summed E-state index contributed by atoms with van der Waals surface area (Å²) in [5.74, 6) is 0.0944. The molecule has 1 atom stereocenters. The van der Waals surface area contributed by atoms with E-state index in [4.69, 9.17) is 4.74 Å². The van der Waals surface area contributed by atoms with Gasteiger partial charge in [0.15, 0.2) is 5.78 Å². The summed E-state index contributed by atoms with van der Waals surface area (Å²) in [5.41, 5.74) is 0.864. The Morgan fingerprint density at radius 2 is 2.40 bits per heavy atom. The number of hydrogen-bond acceptors (Lipinski definition) is 3. The van der Waals surface area contributed by atoms with Crippen molar-refractivity contribution in [3.63, 3.8) is 0 Å². The molecule has 2 rings (SSSR count). The van der Waals surface area contributed by atoms with Gasteiger partial charge in [0, 0.05) is 12.3 Å². The Balaban J connectivity index is 2.00. The second kappa shape index (κ2) is 4.55. The minimum atomic E-state index is -0.162. The van der Waals surface area contributed by atoms with E-state index >= 15 is 0 Å². The minimum Gasteiger partial charge on any atom is -0.493 e. The summed E-state index contributed by atoms with van der Waals surface area (Å²) in [4.78, 5) is 15.2. The quantitative estimate of drug-likeness (QED) is 0.734. The molecule has 1 aromatic heterocycles. The van der Waals surface area contributed by atoms with Crippen LogP contribution in [0, 0.1) is 0 Å². The maximum atomic E-state index is 11.1. The van der Waals surface area contributed by atoms with Gasteiger partial charge in [0.2, 0.25) is 0 Å². The molecule has 0 unspecified atom stereocenters. The lowest BCUT2D eigenvalue weighted by Crippen LogP contribution is -2.15. The molecule has 0 saturated heterocycles. The molecule has 1 aliphatic rings. The van der Waals surface area contributed by atoms with Crippen LogP contribution in [0.5, 0.6) is 0 Å². The van der Waals surface area contributed by atoms with Crippen molar-refractivity contribution in [1.82, 2.24) is 4.98 Å². The molecule has 3 nitrogen and oxygen atoms in total. The van der Waals surface area contributed by atoms with Crippen molar-refractivity contribution in [3.05, 3.63) is 48.5 Å². The number of carbonyl (C=O) groups excluding carboxylic acids is 1. The average Bonchev–Trinajstić information content (AvgIpc) is 2.28. The molecule has 76 valence electrons. The number of pyridine rings is 1. The molecule has 1 aromatic rings. The molecule has 0 amide bonds. The monoisotopic (exact) mass is 201 g/mol. The molecule has 0 radical (unpaired) electrons. The lowest BCUT2D eigenvalue weighted by atomic mass is 10.1. The van der Waals surface area contributed by atoms with E-state index in [9.17, 15) is 4.79 Å². The average molecular weight is 201 g/mol. The van der Waals surface area contributed by atoms with Gasteiger partial charge in [-0.05, 0) is 24.3 Å². The number of rotatable bonds is 2. The zero-order valence-electron chi connectivity index (χ0n) is 8.17. The van der Waals surface area contributed by atoms with Crippen LogP contribution in [0.2, 0.25) is 0 Å². The first-order valence-corrected chi connectivity index (χ1v) is 4.79. The molecule has 0 N–H and O–H groups in total. The second-order valence-corrected chi connectivity index (χ2v) is 3.26. The van der Waals surface area contributed by atoms with Crippen LogP contribution in [0.4, 0.5) is 0 Å². The number of nitrogens with zero attached hydrogens (tertiary/aromatic N) is 1. The molecule has 0 fully saturated rings. The highest BCUT2D eigenvalue weighted by Gasteiger charge is 2.12. The first-order chi connectivity index (χ1) is 7.34. The lowest BCUT2D eigenvalue weighted by molar-refractivity contribution is -0.117. The van der Waals surface area contributed by atoms with Crippen molar-refractivity contribution in [3.8, 4) is 0 Å². The van der Waals surface area contributed by atoms with Gasteiger partial charge >= 0.3 is 0 Å². The minimum absolute atomic E-state index is 0.0944. The molecule has 0 aromatic carbocycles. The van der Waals surface area contributed by atoms with Crippen LogP contribution in [0.25, 0.3) is 6.08 Å². The van der Waals surface area contributed by atoms with Crippen molar-refractivity contribution in [1.29, 1.82) is 0 Å². The van der Waals surface area contributed by atoms with Crippen LogP contribution in [-0.2, 0) is 9.53 Å². The Morgan fingerprint density at radius 1 is 1.47 bits per heavy atom. The smallest absolute Gasteiger partial charge is 0.162 e. The Kier molecular flexibility index (Phi) is 2.93. The van der Waals surface area contributed by atoms with Crippen molar-refractivity contribution in [2.75, 3.05) is 0 Å². The van der Waals surface area contributed by atoms with E-state index < -0.39 is 0 Å². The zero-order chi connectivity index (χ0) is 10.5. The number of hydrogen-bond donors (Lipinski definition) is 0. The van der Waals surface area contributed by atoms with Gasteiger partial charge in [0.05, 0.1) is 18.4 Å². The Labute approximate surface area is 88.1 Å². The molecule has 1 aliphatic heterocycles. The van der Waals surface area contributed by atoms with Crippen molar-refractivity contribution in [2.24, 2.45) is 0 Å². The van der Waals surface area contributed by atoms with E-state index in [1.54, 1.807) is 6.20 Å². The van der Waals surface area contributed by atoms with Crippen molar-refractivity contribution in [2.45, 2.75) is 12.5 Å². The normalized spacial score (nSPS) is 20.5. The number of ether oxygens (including phenoxy) is 1. The molecule has 0 saturated carbocycles. The highest BCUT2D eigenvalue weighted by Crippen LogP contribution is 2.10. The third-order valence-corrected chi connectivity index (χ3v) is 2.08. The SMILES string of the molecule is O=C1C=CO[C@H](/C=C\c2ccccn2)C1. The predicted molar refractivity (Wildman–Crippen MR) is 56.9 cm³/mol. The fraction of sp³-hybridized carbons (Fsp3) is 0.167. The molecule has 15 heavy (non-hydrogen) atoms. The summed E-state index contributed by atoms with van der Waals surface area (Å²) in [5, 5.41) is 0. The molecular weight excluding hydrogens is 190 g/mol. The highest BCUT2D eigenvalue weighted by atomic mass is 16.5. The molecule has 0 bridgehead atoms. The fourth-order valence-corrected chi connectivity index (χ4v) is 1.32. The van der Waals surface area contributed by atoms with Gasteiger partial charge in [-0.3, -0.25) is 9.78 Å². The predicted octanol–water partition coefficient (Wildman–Crippen LogP) is 1.97. The summed E-state index contributed by atoms with van der Waals surface area (Å²) in [7, 11) is 0. The fourth-order valence-electron chi connectivity index (χ4n) is 1.32. The Hall–Kier alpha value is -1.90. The zero-order valence-corrected chi connectivity index (χ0v) is 8.17. The maximum Gasteiger partial charge on any atom is 0.162 e. The molecular formula is C12H11NO2. The first-order valence-electron chi connectivity index (χ1n) is 4.79. The topological polar surface area (TPSA) is 39.2 Å². The van der Waals surface area contributed by atoms with Gasteiger partial charge in [-0.1, -0.05) is 6.07 Å². The van der Waals surface area contributed by atoms with Gasteiger partial charge < -0.3 is 4.74 Å². The van der Waals surface area contributed by atoms with Crippen LogP contribution >= 0.6 is 0 Å². The molecule has 0 aliphatic carbocycles. The van der Waals surface area contributed by atoms with E-state index in [-0.39, 0.29) is 11.9 Å². The molecule has 3 heteroatoms. The van der Waals surface area contributed by atoms with Crippen LogP contribution in [0.3, 0.4) is 0 Å². The largest absolute Gasteiger partial charge is 0.493 e. The van der Waals surface area contributed by atoms with Gasteiger partial charge in [-0.2, -0.15) is 0 Å². The second-order valence-electron chi connectivity index (χ2n) is 3.26. The third kappa shape index (κ3) is 2.77. The van der Waals surface area contributed by atoms with Gasteiger partial charge in [-0.15, -0.1) is 0 Å². The number of carbonyl (C=O) groups is 1. The highest BCUT2D eigenvalue weighted by molar-refractivity contribution is 5.90. The summed E-state index contributed by atoms with van der Waals surface area (Å²) in [6, 6.07) is 5.68. The number of ketones is 1. The van der Waals surface area contributed by atoms with E-state index in [2.05, 4.69) is 4.98 Å². The molecule has 0 spiro atoms. The van der Waals surface area contributed by atoms with Crippen molar-refractivity contribution < 1.29 is 9.53 Å². The van der Waals surface area contributed by atoms with E-state index in [1.807, 2.05) is 30.4 Å². The standard InChI is InChI=1S/C12H11NO2/c14-11-6-8-15-12(9-11)5-4-10-3-1-2-7-13-10/h1-8,12H,9H2/b5-4-/t12-/m1/s1. The Morgan fingerprint density at radius 3 is 3.13 bits per heavy atom. The lowest BCUT2D eigenvalue weighted by Gasteiger charge is -2.14. The number of aromatic nitrogens is 1. The van der Waals surface area contributed by atoms with E-state index in [0.717, 1.165) is 5.69 Å². The third-order valence-electron chi connectivity index (χ3n) is 2.08. The van der Waals surface area contributed by atoms with Gasteiger partial charge in [0.25, 0.3) is 0 Å². The van der Waals surface area contributed by atoms with Gasteiger partial charge in [-0.25, -0.2) is 0 Å². The van der Waals surface area contributed by atoms with E-state index in [0.29, 0.717) is 6.42 Å². The van der Waals surface area contributed by atoms with Crippen molar-refractivity contribution >= 4 is 11.9 Å². The summed E-state index contributed by atoms with van der Waals surface area (Å²) in [6.45, 7) is 0. The summed E-state index contributed by atoms with van der Waals surface area (Å²) < 4.78 is 5.25. The van der Waals surface area contributed by atoms with Crippen LogP contribution in [-0.4, -0.2) is 16.9 Å². The van der Waals surface area contributed by atoms with Crippen LogP contribution in [0.1, 0.15) is 12.1 Å². The maximum absolute atomic E-state index is 11.1. The first kappa shape index (κ1) is 9.65. The van der Waals surface area contributed by atoms with Crippen LogP contribution in [0.15, 0.2) is 42.8 Å². The van der Waals surface area contributed by atoms with E-state index in [1.165, 1.54) is 12.3 Å². The summed E-state index contributed by atoms with van der Waals surface area (Å²) >= 11 is 0. The Bertz CT molecular complexity index is 395.